The third-order valence-electron chi connectivity index (χ3n) is 5.18. The zero-order valence-corrected chi connectivity index (χ0v) is 13.9. The van der Waals surface area contributed by atoms with Gasteiger partial charge in [-0.25, -0.2) is 0 Å². The van der Waals surface area contributed by atoms with E-state index in [0.29, 0.717) is 5.75 Å². The number of piperidine rings is 1. The van der Waals surface area contributed by atoms with E-state index < -0.39 is 6.10 Å². The normalized spacial score (nSPS) is 20.6. The van der Waals surface area contributed by atoms with Gasteiger partial charge in [0, 0.05) is 18.5 Å². The van der Waals surface area contributed by atoms with Crippen LogP contribution in [0.4, 0.5) is 0 Å². The number of ether oxygens (including phenoxy) is 2. The van der Waals surface area contributed by atoms with Gasteiger partial charge in [0.15, 0.2) is 6.10 Å². The third kappa shape index (κ3) is 2.84. The number of para-hydroxylation sites is 1. The molecule has 0 N–H and O–H groups in total. The average Bonchev–Trinajstić information content (AvgIpc) is 2.59. The molecule has 1 atom stereocenters. The molecule has 0 unspecified atom stereocenters. The van der Waals surface area contributed by atoms with Crippen LogP contribution in [0, 0.1) is 0 Å². The Kier molecular flexibility index (Phi) is 3.88. The van der Waals surface area contributed by atoms with Crippen molar-refractivity contribution in [3.63, 3.8) is 0 Å². The first-order chi connectivity index (χ1) is 11.7. The van der Waals surface area contributed by atoms with Gasteiger partial charge < -0.3 is 14.4 Å². The Morgan fingerprint density at radius 2 is 2.04 bits per heavy atom. The van der Waals surface area contributed by atoms with Crippen LogP contribution in [0.2, 0.25) is 0 Å². The molecular formula is C19H22N2O3. The molecule has 0 radical (unpaired) electrons. The summed E-state index contributed by atoms with van der Waals surface area (Å²) in [6.07, 6.45) is 4.17. The highest BCUT2D eigenvalue weighted by Crippen LogP contribution is 2.36. The van der Waals surface area contributed by atoms with E-state index in [9.17, 15) is 4.79 Å². The molecule has 24 heavy (non-hydrogen) atoms. The highest BCUT2D eigenvalue weighted by atomic mass is 16.5. The largest absolute Gasteiger partial charge is 0.479 e. The Morgan fingerprint density at radius 3 is 2.75 bits per heavy atom. The summed E-state index contributed by atoms with van der Waals surface area (Å²) in [5, 5.41) is 1.01. The third-order valence-corrected chi connectivity index (χ3v) is 5.18. The number of carbonyl (C=O) groups excluding carboxylic acids is 1. The highest BCUT2D eigenvalue weighted by Gasteiger charge is 2.42. The molecule has 5 heteroatoms. The summed E-state index contributed by atoms with van der Waals surface area (Å²) >= 11 is 0. The Balaban J connectivity index is 1.39. The Morgan fingerprint density at radius 1 is 1.29 bits per heavy atom. The molecule has 1 aromatic carbocycles. The first kappa shape index (κ1) is 15.4. The van der Waals surface area contributed by atoms with Crippen molar-refractivity contribution in [1.82, 2.24) is 9.88 Å². The fourth-order valence-electron chi connectivity index (χ4n) is 3.55. The molecule has 2 aromatic rings. The van der Waals surface area contributed by atoms with E-state index in [-0.39, 0.29) is 11.5 Å². The Bertz CT molecular complexity index is 747. The van der Waals surface area contributed by atoms with Crippen LogP contribution in [0.1, 0.15) is 26.2 Å². The van der Waals surface area contributed by atoms with Crippen LogP contribution < -0.4 is 4.74 Å². The molecule has 3 heterocycles. The van der Waals surface area contributed by atoms with Crippen molar-refractivity contribution < 1.29 is 14.3 Å². The SMILES string of the molecule is C[C@H](Oc1cnc2ccccc2c1)C(=O)N1CCC2(CCO2)CC1. The molecular weight excluding hydrogens is 304 g/mol. The van der Waals surface area contributed by atoms with E-state index in [2.05, 4.69) is 4.98 Å². The predicted octanol–water partition coefficient (Wildman–Crippen LogP) is 2.78. The summed E-state index contributed by atoms with van der Waals surface area (Å²) in [5.41, 5.74) is 0.981. The lowest BCUT2D eigenvalue weighted by molar-refractivity contribution is -0.178. The molecule has 4 rings (SSSR count). The zero-order valence-electron chi connectivity index (χ0n) is 13.9. The van der Waals surface area contributed by atoms with Crippen LogP contribution in [0.5, 0.6) is 5.75 Å². The van der Waals surface area contributed by atoms with Crippen LogP contribution in [-0.2, 0) is 9.53 Å². The van der Waals surface area contributed by atoms with Gasteiger partial charge >= 0.3 is 0 Å². The number of rotatable bonds is 3. The molecule has 0 saturated carbocycles. The number of pyridine rings is 1. The van der Waals surface area contributed by atoms with Crippen LogP contribution in [0.25, 0.3) is 10.9 Å². The van der Waals surface area contributed by atoms with Crippen molar-refractivity contribution >= 4 is 16.8 Å². The minimum absolute atomic E-state index is 0.0392. The number of amides is 1. The summed E-state index contributed by atoms with van der Waals surface area (Å²) < 4.78 is 11.6. The van der Waals surface area contributed by atoms with Crippen molar-refractivity contribution in [2.45, 2.75) is 37.9 Å². The van der Waals surface area contributed by atoms with Crippen LogP contribution in [0.15, 0.2) is 36.5 Å². The van der Waals surface area contributed by atoms with Gasteiger partial charge in [-0.2, -0.15) is 0 Å². The van der Waals surface area contributed by atoms with Gasteiger partial charge in [-0.15, -0.1) is 0 Å². The number of nitrogens with zero attached hydrogens (tertiary/aromatic N) is 2. The standard InChI is InChI=1S/C19H22N2O3/c1-14(18(22)21-9-6-19(7-10-21)8-11-23-19)24-16-12-15-4-2-3-5-17(15)20-13-16/h2-5,12-14H,6-11H2,1H3/t14-/m0/s1. The van der Waals surface area contributed by atoms with E-state index >= 15 is 0 Å². The Hall–Kier alpha value is -2.14. The maximum Gasteiger partial charge on any atom is 0.263 e. The highest BCUT2D eigenvalue weighted by molar-refractivity contribution is 5.82. The second-order valence-electron chi connectivity index (χ2n) is 6.73. The molecule has 2 aliphatic heterocycles. The Labute approximate surface area is 141 Å². The monoisotopic (exact) mass is 326 g/mol. The van der Waals surface area contributed by atoms with Crippen molar-refractivity contribution in [2.24, 2.45) is 0 Å². The molecule has 1 spiro atoms. The smallest absolute Gasteiger partial charge is 0.263 e. The molecule has 0 aliphatic carbocycles. The molecule has 2 fully saturated rings. The fraction of sp³-hybridized carbons (Fsp3) is 0.474. The number of aromatic nitrogens is 1. The molecule has 0 bridgehead atoms. The second-order valence-corrected chi connectivity index (χ2v) is 6.73. The molecule has 1 amide bonds. The number of likely N-dealkylation sites (tertiary alicyclic amines) is 1. The predicted molar refractivity (Wildman–Crippen MR) is 90.9 cm³/mol. The van der Waals surface area contributed by atoms with Crippen molar-refractivity contribution in [2.75, 3.05) is 19.7 Å². The van der Waals surface area contributed by atoms with Gasteiger partial charge in [-0.3, -0.25) is 9.78 Å². The minimum atomic E-state index is -0.510. The lowest BCUT2D eigenvalue weighted by atomic mass is 9.84. The lowest BCUT2D eigenvalue weighted by Crippen LogP contribution is -2.55. The fourth-order valence-corrected chi connectivity index (χ4v) is 3.55. The van der Waals surface area contributed by atoms with Crippen molar-refractivity contribution in [1.29, 1.82) is 0 Å². The number of carbonyl (C=O) groups is 1. The average molecular weight is 326 g/mol. The topological polar surface area (TPSA) is 51.7 Å². The van der Waals surface area contributed by atoms with Crippen LogP contribution in [-0.4, -0.2) is 47.2 Å². The summed E-state index contributed by atoms with van der Waals surface area (Å²) in [6, 6.07) is 9.80. The first-order valence-electron chi connectivity index (χ1n) is 8.59. The molecule has 1 aromatic heterocycles. The zero-order chi connectivity index (χ0) is 16.6. The number of benzene rings is 1. The van der Waals surface area contributed by atoms with E-state index in [1.54, 1.807) is 6.20 Å². The molecule has 2 saturated heterocycles. The summed E-state index contributed by atoms with van der Waals surface area (Å²) in [5.74, 6) is 0.669. The number of fused-ring (bicyclic) bond motifs is 1. The molecule has 2 aliphatic rings. The maximum absolute atomic E-state index is 12.6. The van der Waals surface area contributed by atoms with Crippen LogP contribution >= 0.6 is 0 Å². The van der Waals surface area contributed by atoms with E-state index in [0.717, 1.165) is 49.9 Å². The van der Waals surface area contributed by atoms with Crippen LogP contribution in [0.3, 0.4) is 0 Å². The minimum Gasteiger partial charge on any atom is -0.479 e. The molecule has 126 valence electrons. The lowest BCUT2D eigenvalue weighted by Gasteiger charge is -2.47. The van der Waals surface area contributed by atoms with Gasteiger partial charge in [-0.05, 0) is 38.3 Å². The van der Waals surface area contributed by atoms with Crippen molar-refractivity contribution in [3.05, 3.63) is 36.5 Å². The summed E-state index contributed by atoms with van der Waals surface area (Å²) in [4.78, 5) is 18.9. The first-order valence-corrected chi connectivity index (χ1v) is 8.59. The molecule has 5 nitrogen and oxygen atoms in total. The van der Waals surface area contributed by atoms with Gasteiger partial charge in [0.1, 0.15) is 5.75 Å². The van der Waals surface area contributed by atoms with E-state index in [4.69, 9.17) is 9.47 Å². The quantitative estimate of drug-likeness (QED) is 0.870. The second kappa shape index (κ2) is 6.06. The summed E-state index contributed by atoms with van der Waals surface area (Å²) in [7, 11) is 0. The van der Waals surface area contributed by atoms with Gasteiger partial charge in [0.2, 0.25) is 0 Å². The maximum atomic E-state index is 12.6. The van der Waals surface area contributed by atoms with Gasteiger partial charge in [0.25, 0.3) is 5.91 Å². The van der Waals surface area contributed by atoms with E-state index in [1.807, 2.05) is 42.2 Å². The van der Waals surface area contributed by atoms with Gasteiger partial charge in [-0.1, -0.05) is 18.2 Å². The van der Waals surface area contributed by atoms with E-state index in [1.165, 1.54) is 0 Å². The number of hydrogen-bond donors (Lipinski definition) is 0. The number of hydrogen-bond acceptors (Lipinski definition) is 4. The summed E-state index contributed by atoms with van der Waals surface area (Å²) in [6.45, 7) is 4.18. The van der Waals surface area contributed by atoms with Gasteiger partial charge in [0.05, 0.1) is 23.9 Å². The van der Waals surface area contributed by atoms with Crippen molar-refractivity contribution in [3.8, 4) is 5.75 Å².